The summed E-state index contributed by atoms with van der Waals surface area (Å²) in [6.07, 6.45) is 3.09. The first-order chi connectivity index (χ1) is 12.6. The second-order valence-electron chi connectivity index (χ2n) is 5.64. The second-order valence-corrected chi connectivity index (χ2v) is 5.64. The number of carboxylic acids is 1. The number of hydrogen-bond acceptors (Lipinski definition) is 6. The van der Waals surface area contributed by atoms with Gasteiger partial charge in [-0.3, -0.25) is 4.98 Å². The zero-order chi connectivity index (χ0) is 18.5. The van der Waals surface area contributed by atoms with Gasteiger partial charge >= 0.3 is 5.97 Å². The summed E-state index contributed by atoms with van der Waals surface area (Å²) in [5.41, 5.74) is 2.22. The molecule has 2 heterocycles. The van der Waals surface area contributed by atoms with E-state index in [1.54, 1.807) is 19.4 Å². The van der Waals surface area contributed by atoms with Crippen LogP contribution in [0.5, 0.6) is 5.75 Å². The van der Waals surface area contributed by atoms with Crippen LogP contribution in [0.25, 0.3) is 11.4 Å². The zero-order valence-corrected chi connectivity index (χ0v) is 14.5. The number of aromatic nitrogens is 3. The number of carbonyl (C=O) groups is 1. The number of aromatic carboxylic acids is 1. The van der Waals surface area contributed by atoms with Gasteiger partial charge in [0, 0.05) is 31.5 Å². The Morgan fingerprint density at radius 2 is 1.88 bits per heavy atom. The lowest BCUT2D eigenvalue weighted by molar-refractivity contribution is 0.0697. The van der Waals surface area contributed by atoms with E-state index in [4.69, 9.17) is 9.84 Å². The van der Waals surface area contributed by atoms with Crippen LogP contribution in [-0.4, -0.2) is 40.2 Å². The summed E-state index contributed by atoms with van der Waals surface area (Å²) in [7, 11) is 3.52. The van der Waals surface area contributed by atoms with Gasteiger partial charge in [0.2, 0.25) is 5.95 Å². The molecule has 0 aliphatic heterocycles. The number of hydrogen-bond donors (Lipinski definition) is 1. The Bertz CT molecular complexity index is 930. The van der Waals surface area contributed by atoms with E-state index in [0.717, 1.165) is 11.3 Å². The van der Waals surface area contributed by atoms with Gasteiger partial charge in [0.05, 0.1) is 24.1 Å². The highest BCUT2D eigenvalue weighted by Gasteiger charge is 2.12. The van der Waals surface area contributed by atoms with Crippen LogP contribution in [0.15, 0.2) is 54.9 Å². The number of pyridine rings is 1. The molecule has 0 unspecified atom stereocenters. The fourth-order valence-electron chi connectivity index (χ4n) is 2.54. The average molecular weight is 350 g/mol. The monoisotopic (exact) mass is 350 g/mol. The Balaban J connectivity index is 1.87. The van der Waals surface area contributed by atoms with Gasteiger partial charge < -0.3 is 14.7 Å². The van der Waals surface area contributed by atoms with Crippen molar-refractivity contribution >= 4 is 11.9 Å². The molecule has 7 nitrogen and oxygen atoms in total. The fourth-order valence-corrected chi connectivity index (χ4v) is 2.54. The summed E-state index contributed by atoms with van der Waals surface area (Å²) in [4.78, 5) is 26.1. The molecule has 0 amide bonds. The van der Waals surface area contributed by atoms with Gasteiger partial charge in [-0.15, -0.1) is 0 Å². The zero-order valence-electron chi connectivity index (χ0n) is 14.5. The van der Waals surface area contributed by atoms with Crippen molar-refractivity contribution in [3.8, 4) is 17.1 Å². The molecular weight excluding hydrogens is 332 g/mol. The third-order valence-corrected chi connectivity index (χ3v) is 3.85. The van der Waals surface area contributed by atoms with Crippen LogP contribution in [-0.2, 0) is 6.54 Å². The first-order valence-corrected chi connectivity index (χ1v) is 7.94. The molecule has 2 aromatic heterocycles. The molecule has 0 aliphatic carbocycles. The number of nitrogens with zero attached hydrogens (tertiary/aromatic N) is 4. The van der Waals surface area contributed by atoms with E-state index < -0.39 is 5.97 Å². The summed E-state index contributed by atoms with van der Waals surface area (Å²) < 4.78 is 5.38. The largest absolute Gasteiger partial charge is 0.496 e. The Morgan fingerprint density at radius 1 is 1.12 bits per heavy atom. The van der Waals surface area contributed by atoms with Crippen molar-refractivity contribution in [2.45, 2.75) is 6.54 Å². The first-order valence-electron chi connectivity index (χ1n) is 7.94. The average Bonchev–Trinajstić information content (AvgIpc) is 2.68. The minimum absolute atomic E-state index is 0.164. The summed E-state index contributed by atoms with van der Waals surface area (Å²) in [6, 6.07) is 12.4. The van der Waals surface area contributed by atoms with Crippen LogP contribution in [0.1, 0.15) is 15.9 Å². The molecule has 3 rings (SSSR count). The van der Waals surface area contributed by atoms with E-state index in [0.29, 0.717) is 23.9 Å². The third kappa shape index (κ3) is 3.77. The maximum atomic E-state index is 11.1. The minimum atomic E-state index is -1.00. The number of ether oxygens (including phenoxy) is 1. The molecule has 0 atom stereocenters. The normalized spacial score (nSPS) is 10.4. The molecule has 132 valence electrons. The van der Waals surface area contributed by atoms with Crippen molar-refractivity contribution in [1.29, 1.82) is 0 Å². The number of methoxy groups -OCH3 is 1. The van der Waals surface area contributed by atoms with Crippen molar-refractivity contribution in [2.24, 2.45) is 0 Å². The number of para-hydroxylation sites is 1. The molecule has 0 spiro atoms. The minimum Gasteiger partial charge on any atom is -0.496 e. The van der Waals surface area contributed by atoms with Gasteiger partial charge in [-0.05, 0) is 24.3 Å². The predicted octanol–water partition coefficient (Wildman–Crippen LogP) is 2.88. The molecule has 0 fully saturated rings. The SMILES string of the molecule is COc1ccccc1CN(C)c1nccc(-c2cc(C(=O)O)ccn2)n1. The Morgan fingerprint density at radius 3 is 2.65 bits per heavy atom. The van der Waals surface area contributed by atoms with E-state index >= 15 is 0 Å². The van der Waals surface area contributed by atoms with E-state index in [9.17, 15) is 4.79 Å². The molecule has 0 radical (unpaired) electrons. The summed E-state index contributed by atoms with van der Waals surface area (Å²) in [5.74, 6) is 0.304. The summed E-state index contributed by atoms with van der Waals surface area (Å²) in [6.45, 7) is 0.566. The summed E-state index contributed by atoms with van der Waals surface area (Å²) in [5, 5.41) is 9.13. The quantitative estimate of drug-likeness (QED) is 0.731. The van der Waals surface area contributed by atoms with Gasteiger partial charge in [-0.2, -0.15) is 0 Å². The van der Waals surface area contributed by atoms with Crippen LogP contribution in [0.3, 0.4) is 0 Å². The van der Waals surface area contributed by atoms with E-state index in [1.165, 1.54) is 18.3 Å². The highest BCUT2D eigenvalue weighted by molar-refractivity contribution is 5.88. The van der Waals surface area contributed by atoms with E-state index in [2.05, 4.69) is 15.0 Å². The van der Waals surface area contributed by atoms with E-state index in [-0.39, 0.29) is 5.56 Å². The standard InChI is InChI=1S/C19H18N4O3/c1-23(12-14-5-3-4-6-17(14)26-2)19-21-10-8-15(22-19)16-11-13(18(24)25)7-9-20-16/h3-11H,12H2,1-2H3,(H,24,25). The number of rotatable bonds is 6. The third-order valence-electron chi connectivity index (χ3n) is 3.85. The molecule has 26 heavy (non-hydrogen) atoms. The van der Waals surface area contributed by atoms with Crippen molar-refractivity contribution in [3.63, 3.8) is 0 Å². The highest BCUT2D eigenvalue weighted by atomic mass is 16.5. The topological polar surface area (TPSA) is 88.4 Å². The van der Waals surface area contributed by atoms with Crippen LogP contribution >= 0.6 is 0 Å². The molecule has 1 N–H and O–H groups in total. The second kappa shape index (κ2) is 7.60. The van der Waals surface area contributed by atoms with Crippen LogP contribution in [0.2, 0.25) is 0 Å². The van der Waals surface area contributed by atoms with Gasteiger partial charge in [0.15, 0.2) is 0 Å². The number of anilines is 1. The highest BCUT2D eigenvalue weighted by Crippen LogP contribution is 2.22. The fraction of sp³-hybridized carbons (Fsp3) is 0.158. The van der Waals surface area contributed by atoms with Crippen molar-refractivity contribution in [3.05, 3.63) is 66.0 Å². The van der Waals surface area contributed by atoms with Crippen LogP contribution in [0, 0.1) is 0 Å². The molecule has 1 aromatic carbocycles. The molecular formula is C19H18N4O3. The Kier molecular flexibility index (Phi) is 5.07. The molecule has 3 aromatic rings. The molecule has 7 heteroatoms. The van der Waals surface area contributed by atoms with Gasteiger partial charge in [0.1, 0.15) is 5.75 Å². The maximum absolute atomic E-state index is 11.1. The predicted molar refractivity (Wildman–Crippen MR) is 97.3 cm³/mol. The Hall–Kier alpha value is -3.48. The van der Waals surface area contributed by atoms with Crippen molar-refractivity contribution in [1.82, 2.24) is 15.0 Å². The van der Waals surface area contributed by atoms with E-state index in [1.807, 2.05) is 36.2 Å². The molecule has 0 bridgehead atoms. The maximum Gasteiger partial charge on any atom is 0.335 e. The molecule has 0 saturated carbocycles. The van der Waals surface area contributed by atoms with Crippen molar-refractivity contribution in [2.75, 3.05) is 19.1 Å². The molecule has 0 saturated heterocycles. The van der Waals surface area contributed by atoms with Crippen LogP contribution in [0.4, 0.5) is 5.95 Å². The van der Waals surface area contributed by atoms with Gasteiger partial charge in [0.25, 0.3) is 0 Å². The Labute approximate surface area is 150 Å². The van der Waals surface area contributed by atoms with Crippen LogP contribution < -0.4 is 9.64 Å². The lowest BCUT2D eigenvalue weighted by Crippen LogP contribution is -2.19. The van der Waals surface area contributed by atoms with Gasteiger partial charge in [-0.25, -0.2) is 14.8 Å². The lowest BCUT2D eigenvalue weighted by Gasteiger charge is -2.19. The smallest absolute Gasteiger partial charge is 0.335 e. The number of carboxylic acid groups (broad SMARTS) is 1. The lowest BCUT2D eigenvalue weighted by atomic mass is 10.2. The molecule has 0 aliphatic rings. The van der Waals surface area contributed by atoms with Crippen molar-refractivity contribution < 1.29 is 14.6 Å². The van der Waals surface area contributed by atoms with Gasteiger partial charge in [-0.1, -0.05) is 18.2 Å². The number of benzene rings is 1. The summed E-state index contributed by atoms with van der Waals surface area (Å²) >= 11 is 0. The first kappa shape index (κ1) is 17.3.